The molecule has 0 spiro atoms. The van der Waals surface area contributed by atoms with Gasteiger partial charge < -0.3 is 9.47 Å². The molecule has 0 amide bonds. The Balaban J connectivity index is 2.04. The van der Waals surface area contributed by atoms with Crippen LogP contribution in [0.5, 0.6) is 0 Å². The fraction of sp³-hybridized carbons (Fsp3) is 0.111. The fourth-order valence-corrected chi connectivity index (χ4v) is 1.76. The van der Waals surface area contributed by atoms with Gasteiger partial charge in [0.05, 0.1) is 11.1 Å². The van der Waals surface area contributed by atoms with Crippen LogP contribution in [0, 0.1) is 0 Å². The minimum Gasteiger partial charge on any atom is -0.418 e. The molecule has 0 saturated heterocycles. The van der Waals surface area contributed by atoms with Crippen LogP contribution < -0.4 is 0 Å². The normalized spacial score (nSPS) is 10.6. The highest BCUT2D eigenvalue weighted by Crippen LogP contribution is 2.09. The maximum Gasteiger partial charge on any atom is 0.341 e. The van der Waals surface area contributed by atoms with E-state index in [1.165, 1.54) is 6.08 Å². The Kier molecular flexibility index (Phi) is 5.49. The molecule has 0 heterocycles. The molecule has 112 valence electrons. The quantitative estimate of drug-likeness (QED) is 0.480. The van der Waals surface area contributed by atoms with E-state index in [2.05, 4.69) is 0 Å². The van der Waals surface area contributed by atoms with Crippen LogP contribution in [0.4, 0.5) is 0 Å². The van der Waals surface area contributed by atoms with Crippen molar-refractivity contribution in [3.63, 3.8) is 0 Å². The molecule has 0 aliphatic heterocycles. The summed E-state index contributed by atoms with van der Waals surface area (Å²) in [6.45, 7) is 1.75. The molecule has 4 heteroatoms. The Hall–Kier alpha value is -2.88. The van der Waals surface area contributed by atoms with Crippen molar-refractivity contribution in [2.45, 2.75) is 13.2 Å². The highest BCUT2D eigenvalue weighted by Gasteiger charge is 2.18. The van der Waals surface area contributed by atoms with E-state index in [1.54, 1.807) is 73.7 Å². The molecule has 0 aromatic heterocycles. The van der Waals surface area contributed by atoms with E-state index in [-0.39, 0.29) is 0 Å². The van der Waals surface area contributed by atoms with Gasteiger partial charge in [-0.25, -0.2) is 9.59 Å². The SMILES string of the molecule is CC=CC(OC(=O)c1ccccc1)OC(=O)c1ccccc1. The zero-order chi connectivity index (χ0) is 15.8. The molecule has 0 atom stereocenters. The summed E-state index contributed by atoms with van der Waals surface area (Å²) in [5.41, 5.74) is 0.792. The second kappa shape index (κ2) is 7.78. The molecule has 0 aliphatic rings. The van der Waals surface area contributed by atoms with Crippen LogP contribution in [0.15, 0.2) is 72.8 Å². The van der Waals surface area contributed by atoms with Crippen molar-refractivity contribution in [2.75, 3.05) is 0 Å². The Morgan fingerprint density at radius 2 is 1.23 bits per heavy atom. The number of esters is 2. The third-order valence-electron chi connectivity index (χ3n) is 2.81. The van der Waals surface area contributed by atoms with Gasteiger partial charge in [-0.15, -0.1) is 0 Å². The highest BCUT2D eigenvalue weighted by molar-refractivity contribution is 5.91. The van der Waals surface area contributed by atoms with Gasteiger partial charge in [0.25, 0.3) is 6.29 Å². The van der Waals surface area contributed by atoms with Gasteiger partial charge in [0, 0.05) is 0 Å². The van der Waals surface area contributed by atoms with Gasteiger partial charge in [-0.3, -0.25) is 0 Å². The van der Waals surface area contributed by atoms with Gasteiger partial charge in [0.1, 0.15) is 0 Å². The molecule has 2 aromatic rings. The zero-order valence-corrected chi connectivity index (χ0v) is 12.1. The van der Waals surface area contributed by atoms with Crippen molar-refractivity contribution in [2.24, 2.45) is 0 Å². The number of carbonyl (C=O) groups is 2. The Labute approximate surface area is 129 Å². The molecule has 0 aliphatic carbocycles. The van der Waals surface area contributed by atoms with Crippen molar-refractivity contribution in [1.82, 2.24) is 0 Å². The van der Waals surface area contributed by atoms with Crippen LogP contribution in [0.3, 0.4) is 0 Å². The predicted molar refractivity (Wildman–Crippen MR) is 82.3 cm³/mol. The van der Waals surface area contributed by atoms with Crippen molar-refractivity contribution in [3.05, 3.63) is 83.9 Å². The fourth-order valence-electron chi connectivity index (χ4n) is 1.76. The number of hydrogen-bond acceptors (Lipinski definition) is 4. The first-order valence-corrected chi connectivity index (χ1v) is 6.85. The van der Waals surface area contributed by atoms with E-state index in [0.717, 1.165) is 0 Å². The Morgan fingerprint density at radius 3 is 1.59 bits per heavy atom. The summed E-state index contributed by atoms with van der Waals surface area (Å²) in [5, 5.41) is 0. The Bertz CT molecular complexity index is 594. The summed E-state index contributed by atoms with van der Waals surface area (Å²) < 4.78 is 10.4. The van der Waals surface area contributed by atoms with Gasteiger partial charge in [0.2, 0.25) is 0 Å². The average Bonchev–Trinajstić information content (AvgIpc) is 2.56. The van der Waals surface area contributed by atoms with Crippen LogP contribution in [0.25, 0.3) is 0 Å². The second-order valence-electron chi connectivity index (χ2n) is 4.44. The molecule has 22 heavy (non-hydrogen) atoms. The molecule has 0 N–H and O–H groups in total. The third kappa shape index (κ3) is 4.31. The lowest BCUT2D eigenvalue weighted by atomic mass is 10.2. The zero-order valence-electron chi connectivity index (χ0n) is 12.1. The summed E-state index contributed by atoms with van der Waals surface area (Å²) in [5.74, 6) is -1.10. The van der Waals surface area contributed by atoms with Crippen LogP contribution in [-0.2, 0) is 9.47 Å². The molecule has 0 unspecified atom stereocenters. The molecular weight excluding hydrogens is 280 g/mol. The lowest BCUT2D eigenvalue weighted by molar-refractivity contribution is -0.0544. The minimum absolute atomic E-state index is 0.396. The molecule has 0 bridgehead atoms. The van der Waals surface area contributed by atoms with E-state index in [4.69, 9.17) is 9.47 Å². The van der Waals surface area contributed by atoms with Gasteiger partial charge in [-0.05, 0) is 37.3 Å². The lowest BCUT2D eigenvalue weighted by Crippen LogP contribution is -2.23. The standard InChI is InChI=1S/C18H16O4/c1-2-9-16(21-17(19)14-10-5-3-6-11-14)22-18(20)15-12-7-4-8-13-15/h2-13,16H,1H3. The monoisotopic (exact) mass is 296 g/mol. The van der Waals surface area contributed by atoms with E-state index in [9.17, 15) is 9.59 Å². The van der Waals surface area contributed by atoms with Crippen molar-refractivity contribution < 1.29 is 19.1 Å². The third-order valence-corrected chi connectivity index (χ3v) is 2.81. The lowest BCUT2D eigenvalue weighted by Gasteiger charge is -2.15. The van der Waals surface area contributed by atoms with E-state index >= 15 is 0 Å². The smallest absolute Gasteiger partial charge is 0.341 e. The van der Waals surface area contributed by atoms with Gasteiger partial charge in [0.15, 0.2) is 0 Å². The maximum atomic E-state index is 12.0. The first kappa shape index (κ1) is 15.5. The summed E-state index contributed by atoms with van der Waals surface area (Å²) in [6, 6.07) is 17.1. The van der Waals surface area contributed by atoms with Crippen LogP contribution >= 0.6 is 0 Å². The first-order chi connectivity index (χ1) is 10.7. The molecule has 2 rings (SSSR count). The van der Waals surface area contributed by atoms with Crippen LogP contribution in [0.2, 0.25) is 0 Å². The van der Waals surface area contributed by atoms with Gasteiger partial charge in [-0.1, -0.05) is 42.5 Å². The largest absolute Gasteiger partial charge is 0.418 e. The van der Waals surface area contributed by atoms with E-state index < -0.39 is 18.2 Å². The summed E-state index contributed by atoms with van der Waals surface area (Å²) >= 11 is 0. The molecule has 4 nitrogen and oxygen atoms in total. The number of ether oxygens (including phenoxy) is 2. The topological polar surface area (TPSA) is 52.6 Å². The van der Waals surface area contributed by atoms with Crippen molar-refractivity contribution in [3.8, 4) is 0 Å². The maximum absolute atomic E-state index is 12.0. The minimum atomic E-state index is -1.06. The first-order valence-electron chi connectivity index (χ1n) is 6.85. The molecule has 2 aromatic carbocycles. The molecule has 0 saturated carbocycles. The number of hydrogen-bond donors (Lipinski definition) is 0. The summed E-state index contributed by atoms with van der Waals surface area (Å²) in [6.07, 6.45) is 2.09. The molecule has 0 radical (unpaired) electrons. The number of benzene rings is 2. The van der Waals surface area contributed by atoms with Crippen LogP contribution in [-0.4, -0.2) is 18.2 Å². The average molecular weight is 296 g/mol. The molecular formula is C18H16O4. The van der Waals surface area contributed by atoms with Crippen molar-refractivity contribution in [1.29, 1.82) is 0 Å². The summed E-state index contributed by atoms with van der Waals surface area (Å²) in [4.78, 5) is 24.0. The number of rotatable bonds is 5. The molecule has 0 fully saturated rings. The second-order valence-corrected chi connectivity index (χ2v) is 4.44. The van der Waals surface area contributed by atoms with Crippen LogP contribution in [0.1, 0.15) is 27.6 Å². The highest BCUT2D eigenvalue weighted by atomic mass is 16.7. The predicted octanol–water partition coefficient (Wildman–Crippen LogP) is 3.60. The number of allylic oxidation sites excluding steroid dienone is 1. The van der Waals surface area contributed by atoms with E-state index in [1.807, 2.05) is 0 Å². The number of carbonyl (C=O) groups excluding carboxylic acids is 2. The Morgan fingerprint density at radius 1 is 0.818 bits per heavy atom. The van der Waals surface area contributed by atoms with Crippen molar-refractivity contribution >= 4 is 11.9 Å². The van der Waals surface area contributed by atoms with Gasteiger partial charge >= 0.3 is 11.9 Å². The van der Waals surface area contributed by atoms with E-state index in [0.29, 0.717) is 11.1 Å². The summed E-state index contributed by atoms with van der Waals surface area (Å²) in [7, 11) is 0. The van der Waals surface area contributed by atoms with Gasteiger partial charge in [-0.2, -0.15) is 0 Å².